The summed E-state index contributed by atoms with van der Waals surface area (Å²) >= 11 is 0. The van der Waals surface area contributed by atoms with Crippen LogP contribution in [0, 0.1) is 12.7 Å². The van der Waals surface area contributed by atoms with Crippen molar-refractivity contribution < 1.29 is 18.8 Å². The Morgan fingerprint density at radius 2 is 2.00 bits per heavy atom. The largest absolute Gasteiger partial charge is 0.494 e. The maximum absolute atomic E-state index is 13.8. The highest BCUT2D eigenvalue weighted by Crippen LogP contribution is 2.17. The van der Waals surface area contributed by atoms with Crippen LogP contribution in [0.5, 0.6) is 5.75 Å². The molecule has 0 aliphatic carbocycles. The van der Waals surface area contributed by atoms with Crippen LogP contribution in [-0.4, -0.2) is 26.1 Å². The van der Waals surface area contributed by atoms with Crippen LogP contribution in [-0.2, 0) is 17.9 Å². The lowest BCUT2D eigenvalue weighted by atomic mass is 10.1. The molecule has 0 radical (unpaired) electrons. The van der Waals surface area contributed by atoms with Crippen molar-refractivity contribution in [1.82, 2.24) is 5.32 Å². The number of rotatable bonds is 8. The summed E-state index contributed by atoms with van der Waals surface area (Å²) in [6.07, 6.45) is 0. The van der Waals surface area contributed by atoms with Crippen molar-refractivity contribution >= 4 is 5.91 Å². The van der Waals surface area contributed by atoms with Crippen molar-refractivity contribution in [2.45, 2.75) is 26.9 Å². The lowest BCUT2D eigenvalue weighted by molar-refractivity contribution is -0.904. The summed E-state index contributed by atoms with van der Waals surface area (Å²) in [5, 5.41) is 2.97. The molecule has 2 aromatic rings. The molecule has 0 heterocycles. The van der Waals surface area contributed by atoms with E-state index in [0.717, 1.165) is 28.1 Å². The summed E-state index contributed by atoms with van der Waals surface area (Å²) < 4.78 is 18.7. The van der Waals surface area contributed by atoms with Crippen LogP contribution in [0.25, 0.3) is 0 Å². The maximum atomic E-state index is 13.8. The van der Waals surface area contributed by atoms with E-state index >= 15 is 0 Å². The van der Waals surface area contributed by atoms with Gasteiger partial charge < -0.3 is 15.0 Å². The van der Waals surface area contributed by atoms with E-state index in [4.69, 9.17) is 4.74 Å². The zero-order valence-corrected chi connectivity index (χ0v) is 15.1. The van der Waals surface area contributed by atoms with E-state index in [2.05, 4.69) is 5.32 Å². The first-order valence-corrected chi connectivity index (χ1v) is 8.50. The monoisotopic (exact) mass is 345 g/mol. The van der Waals surface area contributed by atoms with Crippen molar-refractivity contribution in [3.05, 3.63) is 65.0 Å². The molecule has 2 aromatic carbocycles. The Morgan fingerprint density at radius 3 is 2.64 bits per heavy atom. The standard InChI is InChI=1S/C20H25FN2O2/c1-4-23(13-16-9-10-19(25-3)18(21)11-16)14-20(24)22-12-17-8-6-5-7-15(17)2/h5-11H,4,12-14H2,1-3H3,(H,22,24)/p+1. The number of carbonyl (C=O) groups is 1. The third-order valence-corrected chi connectivity index (χ3v) is 4.32. The van der Waals surface area contributed by atoms with Gasteiger partial charge in [0, 0.05) is 12.1 Å². The molecule has 25 heavy (non-hydrogen) atoms. The molecule has 0 saturated carbocycles. The molecule has 1 unspecified atom stereocenters. The van der Waals surface area contributed by atoms with Crippen LogP contribution >= 0.6 is 0 Å². The smallest absolute Gasteiger partial charge is 0.275 e. The summed E-state index contributed by atoms with van der Waals surface area (Å²) in [4.78, 5) is 13.3. The minimum Gasteiger partial charge on any atom is -0.494 e. The number of hydrogen-bond donors (Lipinski definition) is 2. The molecule has 0 aliphatic rings. The van der Waals surface area contributed by atoms with Gasteiger partial charge >= 0.3 is 0 Å². The molecular weight excluding hydrogens is 319 g/mol. The fraction of sp³-hybridized carbons (Fsp3) is 0.350. The lowest BCUT2D eigenvalue weighted by Gasteiger charge is -2.18. The quantitative estimate of drug-likeness (QED) is 0.767. The van der Waals surface area contributed by atoms with Gasteiger partial charge in [0.2, 0.25) is 0 Å². The van der Waals surface area contributed by atoms with Gasteiger partial charge in [-0.2, -0.15) is 0 Å². The Labute approximate surface area is 148 Å². The number of nitrogens with one attached hydrogen (secondary N) is 2. The summed E-state index contributed by atoms with van der Waals surface area (Å²) in [5.41, 5.74) is 3.13. The van der Waals surface area contributed by atoms with Gasteiger partial charge in [-0.1, -0.05) is 24.3 Å². The zero-order valence-electron chi connectivity index (χ0n) is 15.1. The minimum absolute atomic E-state index is 0.00548. The fourth-order valence-electron chi connectivity index (χ4n) is 2.71. The summed E-state index contributed by atoms with van der Waals surface area (Å²) in [6.45, 7) is 6.31. The normalized spacial score (nSPS) is 11.8. The van der Waals surface area contributed by atoms with Crippen LogP contribution in [0.15, 0.2) is 42.5 Å². The molecule has 1 atom stereocenters. The number of benzene rings is 2. The Kier molecular flexibility index (Phi) is 6.95. The van der Waals surface area contributed by atoms with E-state index < -0.39 is 0 Å². The molecule has 2 rings (SSSR count). The van der Waals surface area contributed by atoms with Gasteiger partial charge in [-0.25, -0.2) is 4.39 Å². The second kappa shape index (κ2) is 9.18. The first kappa shape index (κ1) is 18.9. The number of hydrogen-bond acceptors (Lipinski definition) is 2. The first-order chi connectivity index (χ1) is 12.0. The molecule has 0 saturated heterocycles. The van der Waals surface area contributed by atoms with Gasteiger partial charge in [-0.15, -0.1) is 0 Å². The van der Waals surface area contributed by atoms with Crippen LogP contribution in [0.2, 0.25) is 0 Å². The van der Waals surface area contributed by atoms with Crippen LogP contribution in [0.1, 0.15) is 23.6 Å². The average Bonchev–Trinajstić information content (AvgIpc) is 2.60. The lowest BCUT2D eigenvalue weighted by Crippen LogP contribution is -3.11. The number of methoxy groups -OCH3 is 1. The van der Waals surface area contributed by atoms with Gasteiger partial charge in [-0.3, -0.25) is 4.79 Å². The molecule has 5 heteroatoms. The Bertz CT molecular complexity index is 719. The molecule has 1 amide bonds. The molecule has 0 spiro atoms. The highest BCUT2D eigenvalue weighted by atomic mass is 19.1. The second-order valence-electron chi connectivity index (χ2n) is 6.13. The molecule has 0 bridgehead atoms. The number of halogens is 1. The van der Waals surface area contributed by atoms with Gasteiger partial charge in [0.05, 0.1) is 13.7 Å². The molecule has 0 aliphatic heterocycles. The summed E-state index contributed by atoms with van der Waals surface area (Å²) in [6, 6.07) is 12.9. The van der Waals surface area contributed by atoms with Crippen LogP contribution in [0.3, 0.4) is 0 Å². The highest BCUT2D eigenvalue weighted by molar-refractivity contribution is 5.76. The Balaban J connectivity index is 1.89. The van der Waals surface area contributed by atoms with E-state index in [1.165, 1.54) is 13.2 Å². The average molecular weight is 345 g/mol. The van der Waals surface area contributed by atoms with Crippen LogP contribution < -0.4 is 15.0 Å². The fourth-order valence-corrected chi connectivity index (χ4v) is 2.71. The zero-order chi connectivity index (χ0) is 18.2. The molecule has 134 valence electrons. The number of amides is 1. The van der Waals surface area contributed by atoms with E-state index in [9.17, 15) is 9.18 Å². The molecule has 2 N–H and O–H groups in total. The highest BCUT2D eigenvalue weighted by Gasteiger charge is 2.14. The van der Waals surface area contributed by atoms with Gasteiger partial charge in [-0.05, 0) is 43.2 Å². The van der Waals surface area contributed by atoms with E-state index in [1.807, 2.05) is 44.2 Å². The second-order valence-corrected chi connectivity index (χ2v) is 6.13. The van der Waals surface area contributed by atoms with Crippen LogP contribution in [0.4, 0.5) is 4.39 Å². The van der Waals surface area contributed by atoms with Crippen molar-refractivity contribution in [2.75, 3.05) is 20.2 Å². The van der Waals surface area contributed by atoms with Crippen molar-refractivity contribution in [2.24, 2.45) is 0 Å². The third-order valence-electron chi connectivity index (χ3n) is 4.32. The minimum atomic E-state index is -0.376. The summed E-state index contributed by atoms with van der Waals surface area (Å²) in [5.74, 6) is -0.147. The number of ether oxygens (including phenoxy) is 1. The molecular formula is C20H26FN2O2+. The molecule has 0 aromatic heterocycles. The topological polar surface area (TPSA) is 42.8 Å². The molecule has 0 fully saturated rings. The van der Waals surface area contributed by atoms with Crippen molar-refractivity contribution in [1.29, 1.82) is 0 Å². The number of aryl methyl sites for hydroxylation is 1. The first-order valence-electron chi connectivity index (χ1n) is 8.50. The van der Waals surface area contributed by atoms with Crippen molar-refractivity contribution in [3.63, 3.8) is 0 Å². The maximum Gasteiger partial charge on any atom is 0.275 e. The third kappa shape index (κ3) is 5.57. The Hall–Kier alpha value is -2.40. The molecule has 4 nitrogen and oxygen atoms in total. The summed E-state index contributed by atoms with van der Waals surface area (Å²) in [7, 11) is 1.44. The van der Waals surface area contributed by atoms with Gasteiger partial charge in [0.15, 0.2) is 18.1 Å². The van der Waals surface area contributed by atoms with E-state index in [1.54, 1.807) is 6.07 Å². The number of likely N-dealkylation sites (N-methyl/N-ethyl adjacent to an activating group) is 1. The Morgan fingerprint density at radius 1 is 1.24 bits per heavy atom. The predicted octanol–water partition coefficient (Wildman–Crippen LogP) is 1.86. The predicted molar refractivity (Wildman–Crippen MR) is 96.1 cm³/mol. The van der Waals surface area contributed by atoms with Gasteiger partial charge in [0.1, 0.15) is 6.54 Å². The van der Waals surface area contributed by atoms with Gasteiger partial charge in [0.25, 0.3) is 5.91 Å². The van der Waals surface area contributed by atoms with Crippen molar-refractivity contribution in [3.8, 4) is 5.75 Å². The number of carbonyl (C=O) groups excluding carboxylic acids is 1. The van der Waals surface area contributed by atoms with E-state index in [-0.39, 0.29) is 17.5 Å². The SMILES string of the molecule is CC[NH+](CC(=O)NCc1ccccc1C)Cc1ccc(OC)c(F)c1. The number of quaternary nitrogens is 1. The van der Waals surface area contributed by atoms with E-state index in [0.29, 0.717) is 19.6 Å².